The zero-order valence-electron chi connectivity index (χ0n) is 38.1. The van der Waals surface area contributed by atoms with Crippen LogP contribution in [0.1, 0.15) is 251 Å². The molecule has 0 rings (SSSR count). The average Bonchev–Trinajstić information content (AvgIpc) is 3.21. The predicted molar refractivity (Wildman–Crippen MR) is 243 cm³/mol. The number of phosphoric ester groups is 1. The van der Waals surface area contributed by atoms with Gasteiger partial charge >= 0.3 is 19.8 Å². The predicted octanol–water partition coefficient (Wildman–Crippen LogP) is 14.6. The summed E-state index contributed by atoms with van der Waals surface area (Å²) < 4.78 is 32.9. The van der Waals surface area contributed by atoms with Crippen LogP contribution < -0.4 is 5.73 Å². The van der Waals surface area contributed by atoms with Gasteiger partial charge in [0.15, 0.2) is 6.10 Å². The highest BCUT2D eigenvalue weighted by Crippen LogP contribution is 2.43. The molecule has 0 aliphatic heterocycles. The van der Waals surface area contributed by atoms with Gasteiger partial charge in [-0.05, 0) is 38.5 Å². The van der Waals surface area contributed by atoms with Crippen molar-refractivity contribution >= 4 is 19.8 Å². The van der Waals surface area contributed by atoms with Crippen LogP contribution in [0.4, 0.5) is 0 Å². The fourth-order valence-electron chi connectivity index (χ4n) is 7.22. The van der Waals surface area contributed by atoms with Gasteiger partial charge in [-0.2, -0.15) is 0 Å². The van der Waals surface area contributed by atoms with Crippen LogP contribution in [0.5, 0.6) is 0 Å². The Kier molecular flexibility index (Phi) is 44.3. The van der Waals surface area contributed by atoms with E-state index in [1.807, 2.05) is 0 Å². The Balaban J connectivity index is 4.03. The monoisotopic (exact) mass is 844 g/mol. The van der Waals surface area contributed by atoms with E-state index in [2.05, 4.69) is 26.0 Å². The van der Waals surface area contributed by atoms with Gasteiger partial charge in [-0.1, -0.05) is 212 Å². The minimum Gasteiger partial charge on any atom is -0.462 e. The van der Waals surface area contributed by atoms with Gasteiger partial charge in [0.25, 0.3) is 0 Å². The van der Waals surface area contributed by atoms with Gasteiger partial charge in [0, 0.05) is 19.4 Å². The summed E-state index contributed by atoms with van der Waals surface area (Å²) >= 11 is 0. The number of unbranched alkanes of at least 4 members (excludes halogenated alkanes) is 32. The van der Waals surface area contributed by atoms with Crippen molar-refractivity contribution in [1.82, 2.24) is 0 Å². The van der Waals surface area contributed by atoms with E-state index in [1.165, 1.54) is 173 Å². The van der Waals surface area contributed by atoms with Gasteiger partial charge in [-0.15, -0.1) is 0 Å². The summed E-state index contributed by atoms with van der Waals surface area (Å²) in [7, 11) is -4.38. The molecule has 0 spiro atoms. The molecule has 0 saturated carbocycles. The Bertz CT molecular complexity index is 964. The molecule has 10 heteroatoms. The van der Waals surface area contributed by atoms with Crippen molar-refractivity contribution in [2.24, 2.45) is 5.73 Å². The number of hydrogen-bond acceptors (Lipinski definition) is 8. The summed E-state index contributed by atoms with van der Waals surface area (Å²) in [5.41, 5.74) is 5.36. The number of carbonyl (C=O) groups excluding carboxylic acids is 2. The van der Waals surface area contributed by atoms with Crippen LogP contribution in [0.2, 0.25) is 0 Å². The third-order valence-corrected chi connectivity index (χ3v) is 11.9. The first kappa shape index (κ1) is 56.8. The molecule has 0 fully saturated rings. The summed E-state index contributed by atoms with van der Waals surface area (Å²) in [6.45, 7) is 3.77. The summed E-state index contributed by atoms with van der Waals surface area (Å²) in [6, 6.07) is 0. The fraction of sp³-hybridized carbons (Fsp3) is 0.917. The van der Waals surface area contributed by atoms with Gasteiger partial charge < -0.3 is 20.1 Å². The van der Waals surface area contributed by atoms with Gasteiger partial charge in [-0.3, -0.25) is 18.6 Å². The molecule has 2 atom stereocenters. The first-order valence-electron chi connectivity index (χ1n) is 24.7. The molecule has 58 heavy (non-hydrogen) atoms. The molecule has 0 aliphatic rings. The van der Waals surface area contributed by atoms with Crippen molar-refractivity contribution in [2.75, 3.05) is 26.4 Å². The van der Waals surface area contributed by atoms with Gasteiger partial charge in [0.1, 0.15) is 6.61 Å². The largest absolute Gasteiger partial charge is 0.472 e. The summed E-state index contributed by atoms with van der Waals surface area (Å²) in [6.07, 6.45) is 48.2. The molecular formula is C48H94NO8P. The van der Waals surface area contributed by atoms with Crippen molar-refractivity contribution in [3.8, 4) is 0 Å². The van der Waals surface area contributed by atoms with Gasteiger partial charge in [0.2, 0.25) is 0 Å². The van der Waals surface area contributed by atoms with Crippen LogP contribution in [0.25, 0.3) is 0 Å². The lowest BCUT2D eigenvalue weighted by atomic mass is 10.0. The second-order valence-electron chi connectivity index (χ2n) is 16.7. The van der Waals surface area contributed by atoms with Crippen molar-refractivity contribution in [1.29, 1.82) is 0 Å². The van der Waals surface area contributed by atoms with Crippen LogP contribution in [0.3, 0.4) is 0 Å². The number of ether oxygens (including phenoxy) is 2. The van der Waals surface area contributed by atoms with Gasteiger partial charge in [-0.25, -0.2) is 4.57 Å². The van der Waals surface area contributed by atoms with E-state index in [0.29, 0.717) is 6.42 Å². The molecule has 3 N–H and O–H groups in total. The molecular weight excluding hydrogens is 750 g/mol. The number of hydrogen-bond donors (Lipinski definition) is 2. The molecule has 344 valence electrons. The molecule has 0 saturated heterocycles. The van der Waals surface area contributed by atoms with E-state index in [9.17, 15) is 19.0 Å². The molecule has 0 bridgehead atoms. The van der Waals surface area contributed by atoms with Gasteiger partial charge in [0.05, 0.1) is 13.2 Å². The normalized spacial score (nSPS) is 13.2. The molecule has 0 aromatic rings. The minimum absolute atomic E-state index is 0.0557. The van der Waals surface area contributed by atoms with E-state index in [1.54, 1.807) is 0 Å². The smallest absolute Gasteiger partial charge is 0.462 e. The Morgan fingerprint density at radius 3 is 1.22 bits per heavy atom. The third-order valence-electron chi connectivity index (χ3n) is 10.9. The van der Waals surface area contributed by atoms with E-state index >= 15 is 0 Å². The van der Waals surface area contributed by atoms with Crippen LogP contribution in [-0.4, -0.2) is 49.3 Å². The quantitative estimate of drug-likeness (QED) is 0.0266. The van der Waals surface area contributed by atoms with Crippen molar-refractivity contribution < 1.29 is 37.6 Å². The number of phosphoric acid groups is 1. The Morgan fingerprint density at radius 2 is 0.845 bits per heavy atom. The molecule has 0 aromatic heterocycles. The second-order valence-corrected chi connectivity index (χ2v) is 18.1. The maximum absolute atomic E-state index is 12.6. The molecule has 0 aromatic carbocycles. The maximum atomic E-state index is 12.6. The summed E-state index contributed by atoms with van der Waals surface area (Å²) in [5, 5.41) is 0. The number of rotatable bonds is 47. The molecule has 0 radical (unpaired) electrons. The molecule has 0 heterocycles. The van der Waals surface area contributed by atoms with Crippen LogP contribution >= 0.6 is 7.82 Å². The number of carbonyl (C=O) groups is 2. The number of esters is 2. The topological polar surface area (TPSA) is 134 Å². The molecule has 0 aliphatic carbocycles. The lowest BCUT2D eigenvalue weighted by Gasteiger charge is -2.19. The van der Waals surface area contributed by atoms with Crippen LogP contribution in [0.15, 0.2) is 12.2 Å². The maximum Gasteiger partial charge on any atom is 0.472 e. The third kappa shape index (κ3) is 44.3. The molecule has 0 amide bonds. The van der Waals surface area contributed by atoms with E-state index in [0.717, 1.165) is 44.9 Å². The first-order chi connectivity index (χ1) is 28.3. The lowest BCUT2D eigenvalue weighted by Crippen LogP contribution is -2.29. The SMILES string of the molecule is CCCCCCCC/C=C\CCCCCCCCCC(=O)OC(COC(=O)CCCCCCCCCCCCCCCCCCCCCC)COP(=O)(O)OCCN. The number of allylic oxidation sites excluding steroid dienone is 2. The van der Waals surface area contributed by atoms with Crippen LogP contribution in [-0.2, 0) is 32.7 Å². The van der Waals surface area contributed by atoms with E-state index in [4.69, 9.17) is 24.3 Å². The van der Waals surface area contributed by atoms with E-state index in [-0.39, 0.29) is 38.6 Å². The van der Waals surface area contributed by atoms with Crippen molar-refractivity contribution in [2.45, 2.75) is 258 Å². The fourth-order valence-corrected chi connectivity index (χ4v) is 7.99. The standard InChI is InChI=1S/C48H94NO8P/c1-3-5-7-9-11-13-15-17-19-21-22-23-25-26-28-30-32-34-36-38-40-47(50)54-44-46(45-56-58(52,53)55-43-42-49)57-48(51)41-39-37-35-33-31-29-27-24-20-18-16-14-12-10-8-6-4-2/h18,20,46H,3-17,19,21-45,49H2,1-2H3,(H,52,53)/b20-18-. The summed E-state index contributed by atoms with van der Waals surface area (Å²) in [5.74, 6) is -0.818. The highest BCUT2D eigenvalue weighted by atomic mass is 31.2. The molecule has 2 unspecified atom stereocenters. The van der Waals surface area contributed by atoms with Crippen molar-refractivity contribution in [3.05, 3.63) is 12.2 Å². The Morgan fingerprint density at radius 1 is 0.500 bits per heavy atom. The number of nitrogens with two attached hydrogens (primary N) is 1. The Hall–Kier alpha value is -1.25. The summed E-state index contributed by atoms with van der Waals surface area (Å²) in [4.78, 5) is 35.0. The average molecular weight is 844 g/mol. The second kappa shape index (κ2) is 45.3. The van der Waals surface area contributed by atoms with E-state index < -0.39 is 26.5 Å². The zero-order valence-corrected chi connectivity index (χ0v) is 38.9. The minimum atomic E-state index is -4.38. The highest BCUT2D eigenvalue weighted by molar-refractivity contribution is 7.47. The lowest BCUT2D eigenvalue weighted by molar-refractivity contribution is -0.161. The zero-order chi connectivity index (χ0) is 42.5. The van der Waals surface area contributed by atoms with Crippen molar-refractivity contribution in [3.63, 3.8) is 0 Å². The Labute approximate surface area is 358 Å². The molecule has 9 nitrogen and oxygen atoms in total. The van der Waals surface area contributed by atoms with Crippen LogP contribution in [0, 0.1) is 0 Å². The highest BCUT2D eigenvalue weighted by Gasteiger charge is 2.26. The first-order valence-corrected chi connectivity index (χ1v) is 26.2.